The number of rotatable bonds is 7. The van der Waals surface area contributed by atoms with Gasteiger partial charge < -0.3 is 10.0 Å². The van der Waals surface area contributed by atoms with Gasteiger partial charge in [-0.1, -0.05) is 0 Å². The minimum Gasteiger partial charge on any atom is -0.393 e. The van der Waals surface area contributed by atoms with E-state index >= 15 is 0 Å². The Labute approximate surface area is 137 Å². The lowest BCUT2D eigenvalue weighted by Gasteiger charge is -2.35. The summed E-state index contributed by atoms with van der Waals surface area (Å²) in [6.45, 7) is 7.47. The van der Waals surface area contributed by atoms with E-state index in [1.54, 1.807) is 18.3 Å². The molecular formula is C16H27N3O2S. The summed E-state index contributed by atoms with van der Waals surface area (Å²) in [4.78, 5) is 18.6. The molecule has 1 fully saturated rings. The van der Waals surface area contributed by atoms with Crippen molar-refractivity contribution in [3.8, 4) is 0 Å². The van der Waals surface area contributed by atoms with Crippen molar-refractivity contribution < 1.29 is 9.90 Å². The first kappa shape index (κ1) is 17.4. The summed E-state index contributed by atoms with van der Waals surface area (Å²) in [5.74, 6) is 0.197. The number of hydrogen-bond donors (Lipinski definition) is 1. The fourth-order valence-electron chi connectivity index (χ4n) is 2.61. The van der Waals surface area contributed by atoms with Crippen LogP contribution in [0.4, 0.5) is 0 Å². The molecule has 2 rings (SSSR count). The predicted molar refractivity (Wildman–Crippen MR) is 90.0 cm³/mol. The minimum atomic E-state index is -0.307. The van der Waals surface area contributed by atoms with Crippen LogP contribution >= 0.6 is 11.3 Å². The van der Waals surface area contributed by atoms with Gasteiger partial charge in [-0.05, 0) is 42.8 Å². The number of likely N-dealkylation sites (N-methyl/N-ethyl adjacent to an activating group) is 1. The van der Waals surface area contributed by atoms with Crippen molar-refractivity contribution in [2.24, 2.45) is 0 Å². The van der Waals surface area contributed by atoms with Crippen LogP contribution in [-0.2, 0) is 11.3 Å². The lowest BCUT2D eigenvalue weighted by molar-refractivity contribution is -0.134. The highest BCUT2D eigenvalue weighted by Crippen LogP contribution is 2.11. The number of hydrogen-bond acceptors (Lipinski definition) is 5. The molecule has 2 heterocycles. The van der Waals surface area contributed by atoms with Gasteiger partial charge in [0.15, 0.2) is 0 Å². The highest BCUT2D eigenvalue weighted by atomic mass is 32.1. The van der Waals surface area contributed by atoms with E-state index in [2.05, 4.69) is 21.7 Å². The molecule has 1 saturated heterocycles. The molecule has 22 heavy (non-hydrogen) atoms. The molecule has 6 heteroatoms. The topological polar surface area (TPSA) is 47.0 Å². The summed E-state index contributed by atoms with van der Waals surface area (Å²) in [6.07, 6.45) is 0.399. The Bertz CT molecular complexity index is 442. The fraction of sp³-hybridized carbons (Fsp3) is 0.688. The summed E-state index contributed by atoms with van der Waals surface area (Å²) in [5, 5.41) is 13.6. The molecule has 0 radical (unpaired) electrons. The molecular weight excluding hydrogens is 298 g/mol. The number of nitrogens with zero attached hydrogens (tertiary/aromatic N) is 3. The first-order chi connectivity index (χ1) is 10.5. The monoisotopic (exact) mass is 325 g/mol. The van der Waals surface area contributed by atoms with Gasteiger partial charge in [-0.3, -0.25) is 14.6 Å². The zero-order chi connectivity index (χ0) is 15.9. The highest BCUT2D eigenvalue weighted by molar-refractivity contribution is 7.07. The fourth-order valence-corrected chi connectivity index (χ4v) is 3.27. The van der Waals surface area contributed by atoms with E-state index < -0.39 is 0 Å². The first-order valence-corrected chi connectivity index (χ1v) is 8.86. The molecule has 1 aliphatic rings. The second kappa shape index (κ2) is 8.62. The minimum absolute atomic E-state index is 0.197. The van der Waals surface area contributed by atoms with Crippen LogP contribution in [0.5, 0.6) is 0 Å². The molecule has 0 aromatic carbocycles. The maximum atomic E-state index is 12.3. The molecule has 0 bridgehead atoms. The predicted octanol–water partition coefficient (Wildman–Crippen LogP) is 1.10. The van der Waals surface area contributed by atoms with Crippen LogP contribution in [0.2, 0.25) is 0 Å². The molecule has 0 aliphatic carbocycles. The summed E-state index contributed by atoms with van der Waals surface area (Å²) in [7, 11) is 1.94. The standard InChI is InChI=1S/C16H27N3O2S/c1-14(20)3-5-17(2)12-16(21)19-8-6-18(7-9-19)11-15-4-10-22-13-15/h4,10,13-14,20H,3,5-9,11-12H2,1-2H3. The van der Waals surface area contributed by atoms with Crippen molar-refractivity contribution in [2.75, 3.05) is 46.3 Å². The molecule has 5 nitrogen and oxygen atoms in total. The number of carbonyl (C=O) groups excluding carboxylic acids is 1. The maximum Gasteiger partial charge on any atom is 0.236 e. The summed E-state index contributed by atoms with van der Waals surface area (Å²) in [5.41, 5.74) is 1.36. The number of amides is 1. The Hall–Kier alpha value is -0.950. The molecule has 1 aromatic heterocycles. The van der Waals surface area contributed by atoms with Crippen molar-refractivity contribution in [3.63, 3.8) is 0 Å². The number of thiophene rings is 1. The lowest BCUT2D eigenvalue weighted by atomic mass is 10.2. The van der Waals surface area contributed by atoms with Crippen LogP contribution in [0, 0.1) is 0 Å². The molecule has 0 spiro atoms. The summed E-state index contributed by atoms with van der Waals surface area (Å²) >= 11 is 1.73. The molecule has 1 atom stereocenters. The average molecular weight is 325 g/mol. The average Bonchev–Trinajstić information content (AvgIpc) is 2.99. The third-order valence-electron chi connectivity index (χ3n) is 4.05. The second-order valence-corrected chi connectivity index (χ2v) is 6.94. The quantitative estimate of drug-likeness (QED) is 0.815. The molecule has 0 saturated carbocycles. The number of piperazine rings is 1. The molecule has 1 aliphatic heterocycles. The van der Waals surface area contributed by atoms with E-state index in [-0.39, 0.29) is 12.0 Å². The van der Waals surface area contributed by atoms with Crippen LogP contribution in [0.15, 0.2) is 16.8 Å². The van der Waals surface area contributed by atoms with E-state index in [1.165, 1.54) is 5.56 Å². The van der Waals surface area contributed by atoms with Gasteiger partial charge in [0.25, 0.3) is 0 Å². The molecule has 1 amide bonds. The van der Waals surface area contributed by atoms with Crippen molar-refractivity contribution in [1.82, 2.24) is 14.7 Å². The van der Waals surface area contributed by atoms with Crippen molar-refractivity contribution in [2.45, 2.75) is 26.0 Å². The van der Waals surface area contributed by atoms with E-state index in [0.717, 1.165) is 39.3 Å². The van der Waals surface area contributed by atoms with Gasteiger partial charge in [-0.2, -0.15) is 11.3 Å². The van der Waals surface area contributed by atoms with E-state index in [0.29, 0.717) is 13.0 Å². The van der Waals surface area contributed by atoms with Gasteiger partial charge >= 0.3 is 0 Å². The number of aliphatic hydroxyl groups is 1. The molecule has 1 N–H and O–H groups in total. The van der Waals surface area contributed by atoms with Crippen LogP contribution < -0.4 is 0 Å². The van der Waals surface area contributed by atoms with Crippen LogP contribution in [-0.4, -0.2) is 78.1 Å². The number of aliphatic hydroxyl groups excluding tert-OH is 1. The van der Waals surface area contributed by atoms with Gasteiger partial charge in [0.2, 0.25) is 5.91 Å². The van der Waals surface area contributed by atoms with Gasteiger partial charge in [-0.15, -0.1) is 0 Å². The Balaban J connectivity index is 1.68. The smallest absolute Gasteiger partial charge is 0.236 e. The summed E-state index contributed by atoms with van der Waals surface area (Å²) in [6, 6.07) is 2.17. The third-order valence-corrected chi connectivity index (χ3v) is 4.78. The first-order valence-electron chi connectivity index (χ1n) is 7.92. The van der Waals surface area contributed by atoms with Gasteiger partial charge in [0.1, 0.15) is 0 Å². The lowest BCUT2D eigenvalue weighted by Crippen LogP contribution is -2.50. The summed E-state index contributed by atoms with van der Waals surface area (Å²) < 4.78 is 0. The third kappa shape index (κ3) is 5.68. The van der Waals surface area contributed by atoms with Gasteiger partial charge in [0.05, 0.1) is 12.6 Å². The van der Waals surface area contributed by atoms with Gasteiger partial charge in [-0.25, -0.2) is 0 Å². The maximum absolute atomic E-state index is 12.3. The Kier molecular flexibility index (Phi) is 6.82. The van der Waals surface area contributed by atoms with Crippen LogP contribution in [0.3, 0.4) is 0 Å². The zero-order valence-corrected chi connectivity index (χ0v) is 14.4. The van der Waals surface area contributed by atoms with Crippen molar-refractivity contribution in [1.29, 1.82) is 0 Å². The van der Waals surface area contributed by atoms with E-state index in [9.17, 15) is 9.90 Å². The Morgan fingerprint density at radius 1 is 1.41 bits per heavy atom. The van der Waals surface area contributed by atoms with Crippen molar-refractivity contribution in [3.05, 3.63) is 22.4 Å². The highest BCUT2D eigenvalue weighted by Gasteiger charge is 2.21. The second-order valence-electron chi connectivity index (χ2n) is 6.16. The van der Waals surface area contributed by atoms with Crippen molar-refractivity contribution >= 4 is 17.2 Å². The van der Waals surface area contributed by atoms with Crippen LogP contribution in [0.1, 0.15) is 18.9 Å². The molecule has 1 aromatic rings. The molecule has 1 unspecified atom stereocenters. The van der Waals surface area contributed by atoms with E-state index in [4.69, 9.17) is 0 Å². The zero-order valence-electron chi connectivity index (χ0n) is 13.6. The Morgan fingerprint density at radius 2 is 2.14 bits per heavy atom. The number of carbonyl (C=O) groups is 1. The largest absolute Gasteiger partial charge is 0.393 e. The SMILES string of the molecule is CC(O)CCN(C)CC(=O)N1CCN(Cc2ccsc2)CC1. The Morgan fingerprint density at radius 3 is 2.73 bits per heavy atom. The van der Waals surface area contributed by atoms with Gasteiger partial charge in [0, 0.05) is 39.3 Å². The normalized spacial score (nSPS) is 17.9. The van der Waals surface area contributed by atoms with Crippen LogP contribution in [0.25, 0.3) is 0 Å². The molecule has 124 valence electrons. The van der Waals surface area contributed by atoms with E-state index in [1.807, 2.05) is 16.8 Å².